The molecule has 0 saturated carbocycles. The lowest BCUT2D eigenvalue weighted by Crippen LogP contribution is -2.39. The highest BCUT2D eigenvalue weighted by Gasteiger charge is 2.28. The van der Waals surface area contributed by atoms with E-state index >= 15 is 0 Å². The number of halogens is 1. The van der Waals surface area contributed by atoms with Crippen LogP contribution >= 0.6 is 0 Å². The van der Waals surface area contributed by atoms with Gasteiger partial charge in [-0.3, -0.25) is 0 Å². The molecule has 1 heterocycles. The molecule has 0 unspecified atom stereocenters. The first-order valence-corrected chi connectivity index (χ1v) is 7.54. The summed E-state index contributed by atoms with van der Waals surface area (Å²) in [7, 11) is 1.43. The molecular formula is C16H23FN2O3. The molecule has 5 nitrogen and oxygen atoms in total. The van der Waals surface area contributed by atoms with Crippen molar-refractivity contribution < 1.29 is 19.0 Å². The summed E-state index contributed by atoms with van der Waals surface area (Å²) in [6.07, 6.45) is 1.06. The lowest BCUT2D eigenvalue weighted by Gasteiger charge is -2.18. The highest BCUT2D eigenvalue weighted by atomic mass is 19.1. The number of amides is 2. The molecule has 2 atom stereocenters. The quantitative estimate of drug-likeness (QED) is 0.871. The number of carbonyl (C=O) groups excluding carboxylic acids is 1. The number of urea groups is 1. The highest BCUT2D eigenvalue weighted by Crippen LogP contribution is 2.20. The Hall–Kier alpha value is -1.82. The van der Waals surface area contributed by atoms with Gasteiger partial charge < -0.3 is 20.1 Å². The average molecular weight is 310 g/mol. The number of hydrogen-bond donors (Lipinski definition) is 2. The zero-order valence-electron chi connectivity index (χ0n) is 13.0. The van der Waals surface area contributed by atoms with E-state index in [-0.39, 0.29) is 23.8 Å². The summed E-state index contributed by atoms with van der Waals surface area (Å²) < 4.78 is 18.2. The number of likely N-dealkylation sites (tertiary alicyclic amines) is 1. The van der Waals surface area contributed by atoms with Crippen molar-refractivity contribution in [2.24, 2.45) is 5.92 Å². The Morgan fingerprint density at radius 3 is 3.00 bits per heavy atom. The van der Waals surface area contributed by atoms with Gasteiger partial charge in [0.05, 0.1) is 13.2 Å². The Kier molecular flexibility index (Phi) is 5.60. The molecule has 1 aliphatic heterocycles. The average Bonchev–Trinajstić information content (AvgIpc) is 2.99. The summed E-state index contributed by atoms with van der Waals surface area (Å²) in [6.45, 7) is 3.50. The first kappa shape index (κ1) is 16.5. The third-order valence-corrected chi connectivity index (χ3v) is 4.10. The summed E-state index contributed by atoms with van der Waals surface area (Å²) in [6, 6.07) is 4.57. The molecule has 1 saturated heterocycles. The standard InChI is InChI=1S/C16H23FN2O3/c1-11(20)13-6-8-19(10-13)16(21)18-7-5-12-3-4-14(17)15(9-12)22-2/h3-4,9,11,13,20H,5-8,10H2,1-2H3,(H,18,21)/t11-,13-/m0/s1. The number of rotatable bonds is 5. The monoisotopic (exact) mass is 310 g/mol. The molecule has 122 valence electrons. The van der Waals surface area contributed by atoms with Crippen molar-refractivity contribution in [1.29, 1.82) is 0 Å². The maximum Gasteiger partial charge on any atom is 0.317 e. The van der Waals surface area contributed by atoms with Crippen LogP contribution in [-0.2, 0) is 6.42 Å². The second-order valence-corrected chi connectivity index (χ2v) is 5.69. The zero-order chi connectivity index (χ0) is 16.1. The molecule has 0 aliphatic carbocycles. The van der Waals surface area contributed by atoms with Crippen LogP contribution in [0.1, 0.15) is 18.9 Å². The van der Waals surface area contributed by atoms with Crippen LogP contribution in [0.4, 0.5) is 9.18 Å². The summed E-state index contributed by atoms with van der Waals surface area (Å²) >= 11 is 0. The van der Waals surface area contributed by atoms with Gasteiger partial charge in [-0.1, -0.05) is 6.07 Å². The first-order valence-electron chi connectivity index (χ1n) is 7.54. The van der Waals surface area contributed by atoms with Crippen LogP contribution in [0.5, 0.6) is 5.75 Å². The SMILES string of the molecule is COc1cc(CCNC(=O)N2CC[C@H]([C@H](C)O)C2)ccc1F. The van der Waals surface area contributed by atoms with Gasteiger partial charge in [-0.2, -0.15) is 0 Å². The van der Waals surface area contributed by atoms with Crippen molar-refractivity contribution in [2.75, 3.05) is 26.7 Å². The van der Waals surface area contributed by atoms with E-state index in [1.54, 1.807) is 24.0 Å². The summed E-state index contributed by atoms with van der Waals surface area (Å²) in [5, 5.41) is 12.4. The van der Waals surface area contributed by atoms with Gasteiger partial charge in [0.25, 0.3) is 0 Å². The lowest BCUT2D eigenvalue weighted by molar-refractivity contribution is 0.129. The van der Waals surface area contributed by atoms with Crippen molar-refractivity contribution >= 4 is 6.03 Å². The Morgan fingerprint density at radius 2 is 2.36 bits per heavy atom. The fourth-order valence-corrected chi connectivity index (χ4v) is 2.65. The number of hydrogen-bond acceptors (Lipinski definition) is 3. The van der Waals surface area contributed by atoms with Crippen LogP contribution in [0.2, 0.25) is 0 Å². The van der Waals surface area contributed by atoms with Gasteiger partial charge in [0.1, 0.15) is 0 Å². The van der Waals surface area contributed by atoms with E-state index in [0.717, 1.165) is 12.0 Å². The van der Waals surface area contributed by atoms with Crippen molar-refractivity contribution in [1.82, 2.24) is 10.2 Å². The van der Waals surface area contributed by atoms with Crippen LogP contribution in [0, 0.1) is 11.7 Å². The number of carbonyl (C=O) groups is 1. The smallest absolute Gasteiger partial charge is 0.317 e. The number of aliphatic hydroxyl groups is 1. The second-order valence-electron chi connectivity index (χ2n) is 5.69. The van der Waals surface area contributed by atoms with Crippen molar-refractivity contribution in [2.45, 2.75) is 25.9 Å². The van der Waals surface area contributed by atoms with Gasteiger partial charge >= 0.3 is 6.03 Å². The molecule has 0 aromatic heterocycles. The van der Waals surface area contributed by atoms with Gasteiger partial charge in [-0.25, -0.2) is 9.18 Å². The van der Waals surface area contributed by atoms with E-state index in [4.69, 9.17) is 4.74 Å². The molecule has 0 spiro atoms. The number of aliphatic hydroxyl groups excluding tert-OH is 1. The van der Waals surface area contributed by atoms with Crippen LogP contribution in [0.15, 0.2) is 18.2 Å². The molecule has 0 bridgehead atoms. The number of benzene rings is 1. The molecule has 2 N–H and O–H groups in total. The van der Waals surface area contributed by atoms with Crippen molar-refractivity contribution in [3.8, 4) is 5.75 Å². The van der Waals surface area contributed by atoms with Crippen LogP contribution in [-0.4, -0.2) is 48.9 Å². The second kappa shape index (κ2) is 7.45. The predicted molar refractivity (Wildman–Crippen MR) is 81.4 cm³/mol. The van der Waals surface area contributed by atoms with Crippen molar-refractivity contribution in [3.63, 3.8) is 0 Å². The lowest BCUT2D eigenvalue weighted by atomic mass is 10.0. The largest absolute Gasteiger partial charge is 0.494 e. The van der Waals surface area contributed by atoms with E-state index in [1.807, 2.05) is 0 Å². The third-order valence-electron chi connectivity index (χ3n) is 4.10. The summed E-state index contributed by atoms with van der Waals surface area (Å²) in [5.74, 6) is -0.0215. The predicted octanol–water partition coefficient (Wildman–Crippen LogP) is 1.79. The Morgan fingerprint density at radius 1 is 1.59 bits per heavy atom. The zero-order valence-corrected chi connectivity index (χ0v) is 13.0. The molecular weight excluding hydrogens is 287 g/mol. The van der Waals surface area contributed by atoms with E-state index in [1.165, 1.54) is 13.2 Å². The summed E-state index contributed by atoms with van der Waals surface area (Å²) in [5.41, 5.74) is 0.904. The molecule has 0 radical (unpaired) electrons. The van der Waals surface area contributed by atoms with Gasteiger partial charge in [-0.05, 0) is 37.5 Å². The minimum Gasteiger partial charge on any atom is -0.494 e. The number of methoxy groups -OCH3 is 1. The van der Waals surface area contributed by atoms with Crippen LogP contribution < -0.4 is 10.1 Å². The fraction of sp³-hybridized carbons (Fsp3) is 0.562. The van der Waals surface area contributed by atoms with Crippen LogP contribution in [0.25, 0.3) is 0 Å². The maximum atomic E-state index is 13.3. The molecule has 1 fully saturated rings. The molecule has 6 heteroatoms. The number of ether oxygens (including phenoxy) is 1. The molecule has 1 aromatic rings. The molecule has 2 rings (SSSR count). The topological polar surface area (TPSA) is 61.8 Å². The van der Waals surface area contributed by atoms with Crippen molar-refractivity contribution in [3.05, 3.63) is 29.6 Å². The first-order chi connectivity index (χ1) is 10.5. The Bertz CT molecular complexity index is 522. The van der Waals surface area contributed by atoms with E-state index in [2.05, 4.69) is 5.32 Å². The van der Waals surface area contributed by atoms with E-state index in [0.29, 0.717) is 26.1 Å². The molecule has 1 aromatic carbocycles. The van der Waals surface area contributed by atoms with Crippen LogP contribution in [0.3, 0.4) is 0 Å². The number of nitrogens with one attached hydrogen (secondary N) is 1. The van der Waals surface area contributed by atoms with Gasteiger partial charge in [-0.15, -0.1) is 0 Å². The van der Waals surface area contributed by atoms with E-state index < -0.39 is 5.82 Å². The maximum absolute atomic E-state index is 13.3. The molecule has 1 aliphatic rings. The van der Waals surface area contributed by atoms with E-state index in [9.17, 15) is 14.3 Å². The minimum atomic E-state index is -0.392. The Balaban J connectivity index is 1.78. The van der Waals surface area contributed by atoms with Gasteiger partial charge in [0.15, 0.2) is 11.6 Å². The highest BCUT2D eigenvalue weighted by molar-refractivity contribution is 5.74. The van der Waals surface area contributed by atoms with Gasteiger partial charge in [0, 0.05) is 25.6 Å². The Labute approximate surface area is 130 Å². The third kappa shape index (κ3) is 4.10. The minimum absolute atomic E-state index is 0.114. The normalized spacial score (nSPS) is 19.1. The van der Waals surface area contributed by atoms with Gasteiger partial charge in [0.2, 0.25) is 0 Å². The molecule has 2 amide bonds. The number of nitrogens with zero attached hydrogens (tertiary/aromatic N) is 1. The fourth-order valence-electron chi connectivity index (χ4n) is 2.65. The summed E-state index contributed by atoms with van der Waals surface area (Å²) in [4.78, 5) is 13.8. The molecule has 22 heavy (non-hydrogen) atoms.